The SMILES string of the molecule is CS(=O)CCCNC(=O)C1(N)CC1. The summed E-state index contributed by atoms with van der Waals surface area (Å²) in [7, 11) is -0.768. The highest BCUT2D eigenvalue weighted by atomic mass is 32.2. The Labute approximate surface area is 80.7 Å². The molecule has 0 spiro atoms. The minimum absolute atomic E-state index is 0.0608. The van der Waals surface area contributed by atoms with E-state index >= 15 is 0 Å². The molecule has 0 saturated heterocycles. The lowest BCUT2D eigenvalue weighted by Gasteiger charge is -2.08. The highest BCUT2D eigenvalue weighted by Crippen LogP contribution is 2.31. The van der Waals surface area contributed by atoms with Crippen LogP contribution in [0.1, 0.15) is 19.3 Å². The smallest absolute Gasteiger partial charge is 0.240 e. The van der Waals surface area contributed by atoms with Crippen LogP contribution in [-0.2, 0) is 15.6 Å². The molecule has 1 amide bonds. The van der Waals surface area contributed by atoms with Crippen LogP contribution in [0, 0.1) is 0 Å². The predicted molar refractivity (Wildman–Crippen MR) is 52.7 cm³/mol. The van der Waals surface area contributed by atoms with Gasteiger partial charge in [0.2, 0.25) is 5.91 Å². The van der Waals surface area contributed by atoms with Crippen LogP contribution in [0.5, 0.6) is 0 Å². The molecule has 3 N–H and O–H groups in total. The molecule has 1 fully saturated rings. The molecule has 0 aromatic rings. The fourth-order valence-electron chi connectivity index (χ4n) is 1.02. The average Bonchev–Trinajstić information content (AvgIpc) is 2.78. The van der Waals surface area contributed by atoms with E-state index in [2.05, 4.69) is 5.32 Å². The van der Waals surface area contributed by atoms with E-state index in [1.807, 2.05) is 0 Å². The summed E-state index contributed by atoms with van der Waals surface area (Å²) < 4.78 is 10.7. The van der Waals surface area contributed by atoms with E-state index in [9.17, 15) is 9.00 Å². The topological polar surface area (TPSA) is 72.2 Å². The highest BCUT2D eigenvalue weighted by Gasteiger charge is 2.45. The van der Waals surface area contributed by atoms with Gasteiger partial charge in [-0.3, -0.25) is 9.00 Å². The van der Waals surface area contributed by atoms with Crippen molar-refractivity contribution in [1.82, 2.24) is 5.32 Å². The standard InChI is InChI=1S/C8H16N2O2S/c1-13(12)6-2-5-10-7(11)8(9)3-4-8/h2-6,9H2,1H3,(H,10,11). The molecule has 0 radical (unpaired) electrons. The molecule has 5 heteroatoms. The molecule has 76 valence electrons. The molecular formula is C8H16N2O2S. The predicted octanol–water partition coefficient (Wildman–Crippen LogP) is -0.637. The summed E-state index contributed by atoms with van der Waals surface area (Å²) >= 11 is 0. The van der Waals surface area contributed by atoms with Crippen LogP contribution in [0.15, 0.2) is 0 Å². The van der Waals surface area contributed by atoms with Gasteiger partial charge >= 0.3 is 0 Å². The third-order valence-electron chi connectivity index (χ3n) is 2.14. The van der Waals surface area contributed by atoms with Gasteiger partial charge in [0.1, 0.15) is 0 Å². The van der Waals surface area contributed by atoms with Crippen LogP contribution in [-0.4, -0.2) is 34.2 Å². The second kappa shape index (κ2) is 4.19. The van der Waals surface area contributed by atoms with Crippen molar-refractivity contribution in [3.05, 3.63) is 0 Å². The Morgan fingerprint density at radius 1 is 1.62 bits per heavy atom. The van der Waals surface area contributed by atoms with E-state index in [0.717, 1.165) is 19.3 Å². The Balaban J connectivity index is 2.06. The van der Waals surface area contributed by atoms with E-state index in [1.54, 1.807) is 6.26 Å². The monoisotopic (exact) mass is 204 g/mol. The summed E-state index contributed by atoms with van der Waals surface area (Å²) in [6, 6.07) is 0. The summed E-state index contributed by atoms with van der Waals surface area (Å²) in [6.07, 6.45) is 4.00. The fraction of sp³-hybridized carbons (Fsp3) is 0.875. The number of amides is 1. The van der Waals surface area contributed by atoms with Gasteiger partial charge in [-0.05, 0) is 19.3 Å². The molecule has 13 heavy (non-hydrogen) atoms. The first-order chi connectivity index (χ1) is 6.04. The largest absolute Gasteiger partial charge is 0.354 e. The summed E-state index contributed by atoms with van der Waals surface area (Å²) in [4.78, 5) is 11.3. The van der Waals surface area contributed by atoms with Crippen LogP contribution in [0.25, 0.3) is 0 Å². The van der Waals surface area contributed by atoms with Gasteiger partial charge in [-0.15, -0.1) is 0 Å². The average molecular weight is 204 g/mol. The Morgan fingerprint density at radius 3 is 2.69 bits per heavy atom. The lowest BCUT2D eigenvalue weighted by molar-refractivity contribution is -0.123. The molecule has 4 nitrogen and oxygen atoms in total. The molecule has 0 bridgehead atoms. The van der Waals surface area contributed by atoms with E-state index in [-0.39, 0.29) is 5.91 Å². The van der Waals surface area contributed by atoms with Crippen molar-refractivity contribution >= 4 is 16.7 Å². The first-order valence-corrected chi connectivity index (χ1v) is 6.14. The first-order valence-electron chi connectivity index (χ1n) is 4.42. The molecule has 0 aliphatic heterocycles. The summed E-state index contributed by atoms with van der Waals surface area (Å²) in [5.41, 5.74) is 5.08. The Hall–Kier alpha value is -0.420. The highest BCUT2D eigenvalue weighted by molar-refractivity contribution is 7.84. The Kier molecular flexibility index (Phi) is 3.44. The van der Waals surface area contributed by atoms with Crippen molar-refractivity contribution in [3.63, 3.8) is 0 Å². The van der Waals surface area contributed by atoms with E-state index < -0.39 is 16.3 Å². The van der Waals surface area contributed by atoms with E-state index in [1.165, 1.54) is 0 Å². The Morgan fingerprint density at radius 2 is 2.23 bits per heavy atom. The third-order valence-corrected chi connectivity index (χ3v) is 3.00. The van der Waals surface area contributed by atoms with Crippen molar-refractivity contribution in [2.24, 2.45) is 5.73 Å². The Bertz CT molecular complexity index is 226. The number of nitrogens with two attached hydrogens (primary N) is 1. The van der Waals surface area contributed by atoms with Crippen molar-refractivity contribution in [2.45, 2.75) is 24.8 Å². The van der Waals surface area contributed by atoms with Gasteiger partial charge in [-0.2, -0.15) is 0 Å². The number of carbonyl (C=O) groups is 1. The van der Waals surface area contributed by atoms with Crippen molar-refractivity contribution < 1.29 is 9.00 Å². The maximum absolute atomic E-state index is 11.3. The number of carbonyl (C=O) groups excluding carboxylic acids is 1. The van der Waals surface area contributed by atoms with E-state index in [4.69, 9.17) is 5.73 Å². The lowest BCUT2D eigenvalue weighted by Crippen LogP contribution is -2.43. The molecule has 1 rings (SSSR count). The van der Waals surface area contributed by atoms with Gasteiger partial charge in [-0.1, -0.05) is 0 Å². The van der Waals surface area contributed by atoms with Gasteiger partial charge in [0, 0.05) is 29.4 Å². The first kappa shape index (κ1) is 10.7. The van der Waals surface area contributed by atoms with Crippen LogP contribution in [0.4, 0.5) is 0 Å². The van der Waals surface area contributed by atoms with Crippen LogP contribution in [0.3, 0.4) is 0 Å². The fourth-order valence-corrected chi connectivity index (χ4v) is 1.57. The van der Waals surface area contributed by atoms with Gasteiger partial charge in [0.15, 0.2) is 0 Å². The minimum Gasteiger partial charge on any atom is -0.354 e. The van der Waals surface area contributed by atoms with Gasteiger partial charge in [0.25, 0.3) is 0 Å². The molecule has 1 aliphatic rings. The summed E-state index contributed by atoms with van der Waals surface area (Å²) in [6.45, 7) is 0.581. The number of rotatable bonds is 5. The van der Waals surface area contributed by atoms with Gasteiger partial charge in [-0.25, -0.2) is 0 Å². The molecule has 0 aromatic heterocycles. The quantitative estimate of drug-likeness (QED) is 0.585. The third kappa shape index (κ3) is 3.44. The van der Waals surface area contributed by atoms with Crippen LogP contribution in [0.2, 0.25) is 0 Å². The van der Waals surface area contributed by atoms with Crippen molar-refractivity contribution in [2.75, 3.05) is 18.6 Å². The summed E-state index contributed by atoms with van der Waals surface area (Å²) in [5, 5.41) is 2.74. The summed E-state index contributed by atoms with van der Waals surface area (Å²) in [5.74, 6) is 0.576. The number of hydrogen-bond acceptors (Lipinski definition) is 3. The van der Waals surface area contributed by atoms with Crippen LogP contribution < -0.4 is 11.1 Å². The van der Waals surface area contributed by atoms with Gasteiger partial charge in [0.05, 0.1) is 5.54 Å². The molecule has 1 saturated carbocycles. The zero-order chi connectivity index (χ0) is 9.90. The van der Waals surface area contributed by atoms with Crippen LogP contribution >= 0.6 is 0 Å². The zero-order valence-corrected chi connectivity index (χ0v) is 8.65. The maximum Gasteiger partial charge on any atom is 0.240 e. The number of hydrogen-bond donors (Lipinski definition) is 2. The zero-order valence-electron chi connectivity index (χ0n) is 7.84. The van der Waals surface area contributed by atoms with Gasteiger partial charge < -0.3 is 11.1 Å². The second-order valence-corrected chi connectivity index (χ2v) is 5.10. The van der Waals surface area contributed by atoms with Crippen molar-refractivity contribution in [3.8, 4) is 0 Å². The molecule has 0 heterocycles. The maximum atomic E-state index is 11.3. The molecular weight excluding hydrogens is 188 g/mol. The van der Waals surface area contributed by atoms with E-state index in [0.29, 0.717) is 12.3 Å². The second-order valence-electron chi connectivity index (χ2n) is 3.54. The molecule has 1 atom stereocenters. The molecule has 1 unspecified atom stereocenters. The minimum atomic E-state index is -0.768. The normalized spacial score (nSPS) is 20.8. The van der Waals surface area contributed by atoms with Crippen molar-refractivity contribution in [1.29, 1.82) is 0 Å². The molecule has 1 aliphatic carbocycles. The number of nitrogens with one attached hydrogen (secondary N) is 1. The molecule has 0 aromatic carbocycles. The lowest BCUT2D eigenvalue weighted by atomic mass is 10.3.